The van der Waals surface area contributed by atoms with E-state index in [-0.39, 0.29) is 22.5 Å². The van der Waals surface area contributed by atoms with Crippen LogP contribution in [0.1, 0.15) is 36.2 Å². The number of amides is 1. The van der Waals surface area contributed by atoms with Crippen LogP contribution in [0.15, 0.2) is 41.2 Å². The standard InChI is InChI=1S/C21H19ClF3N3O2/c1-4-16(19(29)27-14-8-6-5-7-13(14)22)28-17-10-12(3)11(2)9-15(17)26-18(20(28)30)21(23,24)25/h5-10,16H,4H2,1-3H3,(H,27,29)/t16-/m1/s1. The number of nitrogens with zero attached hydrogens (tertiary/aromatic N) is 2. The second-order valence-electron chi connectivity index (χ2n) is 6.95. The quantitative estimate of drug-likeness (QED) is 0.604. The van der Waals surface area contributed by atoms with E-state index in [1.54, 1.807) is 51.1 Å². The minimum absolute atomic E-state index is 0.00554. The minimum Gasteiger partial charge on any atom is -0.323 e. The van der Waals surface area contributed by atoms with Crippen molar-refractivity contribution in [1.29, 1.82) is 0 Å². The van der Waals surface area contributed by atoms with Gasteiger partial charge in [0.1, 0.15) is 6.04 Å². The Hall–Kier alpha value is -2.87. The maximum Gasteiger partial charge on any atom is 0.438 e. The molecule has 0 fully saturated rings. The molecular formula is C21H19ClF3N3O2. The summed E-state index contributed by atoms with van der Waals surface area (Å²) in [6, 6.07) is 8.33. The normalized spacial score (nSPS) is 12.8. The smallest absolute Gasteiger partial charge is 0.323 e. The highest BCUT2D eigenvalue weighted by atomic mass is 35.5. The molecule has 0 aliphatic heterocycles. The predicted molar refractivity (Wildman–Crippen MR) is 110 cm³/mol. The molecule has 2 aromatic carbocycles. The summed E-state index contributed by atoms with van der Waals surface area (Å²) in [7, 11) is 0. The van der Waals surface area contributed by atoms with Gasteiger partial charge in [0.2, 0.25) is 11.6 Å². The summed E-state index contributed by atoms with van der Waals surface area (Å²) >= 11 is 6.07. The minimum atomic E-state index is -4.96. The Labute approximate surface area is 175 Å². The summed E-state index contributed by atoms with van der Waals surface area (Å²) < 4.78 is 41.4. The van der Waals surface area contributed by atoms with Gasteiger partial charge in [-0.1, -0.05) is 30.7 Å². The van der Waals surface area contributed by atoms with Gasteiger partial charge in [0.25, 0.3) is 5.56 Å². The number of anilines is 1. The molecule has 0 aliphatic carbocycles. The fourth-order valence-electron chi connectivity index (χ4n) is 3.22. The molecule has 30 heavy (non-hydrogen) atoms. The fraction of sp³-hybridized carbons (Fsp3) is 0.286. The summed E-state index contributed by atoms with van der Waals surface area (Å²) in [6.45, 7) is 5.12. The number of benzene rings is 2. The number of rotatable bonds is 4. The van der Waals surface area contributed by atoms with E-state index in [1.165, 1.54) is 6.07 Å². The second-order valence-corrected chi connectivity index (χ2v) is 7.36. The van der Waals surface area contributed by atoms with E-state index in [4.69, 9.17) is 11.6 Å². The van der Waals surface area contributed by atoms with E-state index < -0.39 is 29.4 Å². The van der Waals surface area contributed by atoms with Crippen LogP contribution in [0.25, 0.3) is 11.0 Å². The Balaban J connectivity index is 2.24. The third-order valence-electron chi connectivity index (χ3n) is 4.91. The van der Waals surface area contributed by atoms with Crippen molar-refractivity contribution in [2.45, 2.75) is 39.4 Å². The highest BCUT2D eigenvalue weighted by molar-refractivity contribution is 6.33. The van der Waals surface area contributed by atoms with Crippen LogP contribution in [0.3, 0.4) is 0 Å². The Morgan fingerprint density at radius 2 is 1.83 bits per heavy atom. The number of alkyl halides is 3. The number of para-hydroxylation sites is 1. The molecule has 0 radical (unpaired) electrons. The number of carbonyl (C=O) groups is 1. The van der Waals surface area contributed by atoms with Gasteiger partial charge in [-0.25, -0.2) is 4.98 Å². The topological polar surface area (TPSA) is 64.0 Å². The van der Waals surface area contributed by atoms with E-state index in [9.17, 15) is 22.8 Å². The highest BCUT2D eigenvalue weighted by Crippen LogP contribution is 2.29. The van der Waals surface area contributed by atoms with Gasteiger partial charge >= 0.3 is 6.18 Å². The molecule has 0 aliphatic rings. The molecule has 5 nitrogen and oxygen atoms in total. The lowest BCUT2D eigenvalue weighted by Gasteiger charge is -2.22. The van der Waals surface area contributed by atoms with Crippen LogP contribution in [-0.2, 0) is 11.0 Å². The Morgan fingerprint density at radius 1 is 1.20 bits per heavy atom. The van der Waals surface area contributed by atoms with E-state index in [0.29, 0.717) is 5.69 Å². The zero-order chi connectivity index (χ0) is 22.2. The molecule has 0 unspecified atom stereocenters. The monoisotopic (exact) mass is 437 g/mol. The van der Waals surface area contributed by atoms with Gasteiger partial charge in [-0.15, -0.1) is 0 Å². The number of halogens is 4. The summed E-state index contributed by atoms with van der Waals surface area (Å²) in [5.74, 6) is -0.647. The van der Waals surface area contributed by atoms with Gasteiger partial charge in [-0.05, 0) is 55.7 Å². The Morgan fingerprint density at radius 3 is 2.43 bits per heavy atom. The van der Waals surface area contributed by atoms with Crippen LogP contribution >= 0.6 is 11.6 Å². The number of aryl methyl sites for hydroxylation is 2. The SMILES string of the molecule is CC[C@H](C(=O)Nc1ccccc1Cl)n1c(=O)c(C(F)(F)F)nc2cc(C)c(C)cc21. The van der Waals surface area contributed by atoms with Crippen molar-refractivity contribution in [2.75, 3.05) is 5.32 Å². The van der Waals surface area contributed by atoms with Gasteiger partial charge in [0.05, 0.1) is 21.7 Å². The molecule has 0 spiro atoms. The van der Waals surface area contributed by atoms with Crippen molar-refractivity contribution in [3.05, 3.63) is 68.6 Å². The first kappa shape index (κ1) is 21.8. The molecule has 3 rings (SSSR count). The van der Waals surface area contributed by atoms with E-state index in [1.807, 2.05) is 0 Å². The van der Waals surface area contributed by atoms with Gasteiger partial charge in [0, 0.05) is 0 Å². The van der Waals surface area contributed by atoms with Crippen LogP contribution in [-0.4, -0.2) is 15.5 Å². The first-order valence-electron chi connectivity index (χ1n) is 9.20. The molecule has 1 N–H and O–H groups in total. The molecule has 1 amide bonds. The lowest BCUT2D eigenvalue weighted by molar-refractivity contribution is -0.142. The van der Waals surface area contributed by atoms with Gasteiger partial charge in [-0.3, -0.25) is 14.2 Å². The zero-order valence-electron chi connectivity index (χ0n) is 16.5. The van der Waals surface area contributed by atoms with E-state index in [0.717, 1.165) is 15.7 Å². The molecule has 0 saturated carbocycles. The van der Waals surface area contributed by atoms with Crippen molar-refractivity contribution in [1.82, 2.24) is 9.55 Å². The third kappa shape index (κ3) is 4.05. The lowest BCUT2D eigenvalue weighted by Crippen LogP contribution is -2.37. The number of hydrogen-bond donors (Lipinski definition) is 1. The number of fused-ring (bicyclic) bond motifs is 1. The first-order chi connectivity index (χ1) is 14.0. The molecular weight excluding hydrogens is 419 g/mol. The van der Waals surface area contributed by atoms with Crippen LogP contribution < -0.4 is 10.9 Å². The highest BCUT2D eigenvalue weighted by Gasteiger charge is 2.38. The molecule has 0 bridgehead atoms. The van der Waals surface area contributed by atoms with Gasteiger partial charge in [0.15, 0.2) is 0 Å². The molecule has 158 valence electrons. The molecule has 9 heteroatoms. The average molecular weight is 438 g/mol. The van der Waals surface area contributed by atoms with Gasteiger partial charge < -0.3 is 5.32 Å². The van der Waals surface area contributed by atoms with Crippen LogP contribution in [0, 0.1) is 13.8 Å². The van der Waals surface area contributed by atoms with Gasteiger partial charge in [-0.2, -0.15) is 13.2 Å². The summed E-state index contributed by atoms with van der Waals surface area (Å²) in [5, 5.41) is 2.88. The Kier molecular flexibility index (Phi) is 5.90. The van der Waals surface area contributed by atoms with Crippen molar-refractivity contribution in [3.8, 4) is 0 Å². The van der Waals surface area contributed by atoms with Crippen LogP contribution in [0.4, 0.5) is 18.9 Å². The lowest BCUT2D eigenvalue weighted by atomic mass is 10.1. The molecule has 0 saturated heterocycles. The van der Waals surface area contributed by atoms with Crippen LogP contribution in [0.2, 0.25) is 5.02 Å². The van der Waals surface area contributed by atoms with Crippen molar-refractivity contribution in [2.24, 2.45) is 0 Å². The van der Waals surface area contributed by atoms with E-state index in [2.05, 4.69) is 10.3 Å². The molecule has 3 aromatic rings. The van der Waals surface area contributed by atoms with Crippen molar-refractivity contribution < 1.29 is 18.0 Å². The van der Waals surface area contributed by atoms with Crippen molar-refractivity contribution in [3.63, 3.8) is 0 Å². The zero-order valence-corrected chi connectivity index (χ0v) is 17.2. The second kappa shape index (κ2) is 8.10. The molecule has 1 atom stereocenters. The average Bonchev–Trinajstić information content (AvgIpc) is 2.66. The van der Waals surface area contributed by atoms with Crippen LogP contribution in [0.5, 0.6) is 0 Å². The largest absolute Gasteiger partial charge is 0.438 e. The number of nitrogens with one attached hydrogen (secondary N) is 1. The Bertz CT molecular complexity index is 1190. The van der Waals surface area contributed by atoms with E-state index >= 15 is 0 Å². The number of aromatic nitrogens is 2. The predicted octanol–water partition coefficient (Wildman–Crippen LogP) is 5.28. The summed E-state index contributed by atoms with van der Waals surface area (Å²) in [4.78, 5) is 29.4. The molecule has 1 heterocycles. The summed E-state index contributed by atoms with van der Waals surface area (Å²) in [6.07, 6.45) is -4.87. The maximum atomic E-state index is 13.5. The number of carbonyl (C=O) groups excluding carboxylic acids is 1. The third-order valence-corrected chi connectivity index (χ3v) is 5.23. The van der Waals surface area contributed by atoms with Crippen molar-refractivity contribution >= 4 is 34.2 Å². The number of hydrogen-bond acceptors (Lipinski definition) is 3. The molecule has 1 aromatic heterocycles. The first-order valence-corrected chi connectivity index (χ1v) is 9.58. The fourth-order valence-corrected chi connectivity index (χ4v) is 3.40. The maximum absolute atomic E-state index is 13.5. The summed E-state index contributed by atoms with van der Waals surface area (Å²) in [5.41, 5.74) is -0.967.